The first-order valence-corrected chi connectivity index (χ1v) is 13.1. The largest absolute Gasteiger partial charge is 0.411 e. The average molecular weight is 404 g/mol. The summed E-state index contributed by atoms with van der Waals surface area (Å²) in [5.74, 6) is 0.833. The Balaban J connectivity index is 1.95. The predicted molar refractivity (Wildman–Crippen MR) is 118 cm³/mol. The maximum absolute atomic E-state index is 9.55. The van der Waals surface area contributed by atoms with Gasteiger partial charge in [0, 0.05) is 12.8 Å². The smallest absolute Gasteiger partial charge is 0.212 e. The normalized spacial score (nSPS) is 20.0. The first kappa shape index (κ1) is 23.2. The van der Waals surface area contributed by atoms with Crippen molar-refractivity contribution in [1.29, 1.82) is 0 Å². The lowest BCUT2D eigenvalue weighted by Gasteiger charge is -2.30. The van der Waals surface area contributed by atoms with Gasteiger partial charge in [0.05, 0.1) is 12.3 Å². The van der Waals surface area contributed by atoms with Crippen LogP contribution in [0.4, 0.5) is 0 Å². The summed E-state index contributed by atoms with van der Waals surface area (Å²) in [6.45, 7) is 9.84. The number of allylic oxidation sites excluding steroid dienone is 2. The first-order valence-electron chi connectivity index (χ1n) is 11.1. The second-order valence-electron chi connectivity index (χ2n) is 8.65. The standard InChI is InChI=1S/C23H39N2O2Si/c1-5-7-9-21(10-8-6-2)28(4)27-17-20-13-16-24-22(25-20)19-11-14-23(3,18-26)15-12-19/h11,13,16,21,26H,5-10,12,14-15,17-18H2,1-4H3/t23-/m0/s1. The van der Waals surface area contributed by atoms with Crippen LogP contribution in [0.25, 0.3) is 5.57 Å². The van der Waals surface area contributed by atoms with Crippen molar-refractivity contribution < 1.29 is 9.53 Å². The fraction of sp³-hybridized carbons (Fsp3) is 0.739. The molecule has 0 amide bonds. The highest BCUT2D eigenvalue weighted by atomic mass is 28.3. The Morgan fingerprint density at radius 2 is 1.96 bits per heavy atom. The van der Waals surface area contributed by atoms with Gasteiger partial charge in [0.1, 0.15) is 0 Å². The van der Waals surface area contributed by atoms with Crippen molar-refractivity contribution in [3.05, 3.63) is 29.9 Å². The topological polar surface area (TPSA) is 55.2 Å². The third-order valence-electron chi connectivity index (χ3n) is 6.06. The molecule has 1 atom stereocenters. The number of rotatable bonds is 12. The molecule has 0 aliphatic heterocycles. The molecule has 5 heteroatoms. The molecule has 0 aromatic carbocycles. The number of hydrogen-bond acceptors (Lipinski definition) is 4. The molecule has 0 spiro atoms. The zero-order chi connectivity index (χ0) is 20.4. The second-order valence-corrected chi connectivity index (χ2v) is 11.0. The molecule has 1 aliphatic carbocycles. The molecule has 0 saturated carbocycles. The molecular formula is C23H39N2O2Si. The molecule has 157 valence electrons. The number of unbranched alkanes of at least 4 members (excludes halogenated alkanes) is 2. The average Bonchev–Trinajstić information content (AvgIpc) is 2.73. The van der Waals surface area contributed by atoms with E-state index in [0.717, 1.165) is 36.3 Å². The molecule has 0 saturated heterocycles. The van der Waals surface area contributed by atoms with Gasteiger partial charge in [0.15, 0.2) is 5.82 Å². The summed E-state index contributed by atoms with van der Waals surface area (Å²) in [7, 11) is -0.829. The van der Waals surface area contributed by atoms with Gasteiger partial charge in [-0.15, -0.1) is 0 Å². The first-order chi connectivity index (χ1) is 13.5. The van der Waals surface area contributed by atoms with Gasteiger partial charge in [-0.2, -0.15) is 0 Å². The van der Waals surface area contributed by atoms with Gasteiger partial charge >= 0.3 is 0 Å². The van der Waals surface area contributed by atoms with Crippen LogP contribution in [0.5, 0.6) is 0 Å². The van der Waals surface area contributed by atoms with Crippen molar-refractivity contribution in [2.45, 2.75) is 97.3 Å². The van der Waals surface area contributed by atoms with Gasteiger partial charge < -0.3 is 9.53 Å². The Hall–Kier alpha value is -1.04. The van der Waals surface area contributed by atoms with Crippen LogP contribution < -0.4 is 0 Å². The third-order valence-corrected chi connectivity index (χ3v) is 8.38. The number of hydrogen-bond donors (Lipinski definition) is 1. The van der Waals surface area contributed by atoms with E-state index in [4.69, 9.17) is 9.41 Å². The zero-order valence-electron chi connectivity index (χ0n) is 18.3. The van der Waals surface area contributed by atoms with Crippen LogP contribution >= 0.6 is 0 Å². The highest BCUT2D eigenvalue weighted by molar-refractivity contribution is 6.52. The van der Waals surface area contributed by atoms with Crippen LogP contribution in [0.1, 0.15) is 90.1 Å². The number of aliphatic hydroxyl groups is 1. The second kappa shape index (κ2) is 11.8. The van der Waals surface area contributed by atoms with E-state index in [0.29, 0.717) is 6.61 Å². The summed E-state index contributed by atoms with van der Waals surface area (Å²) in [6, 6.07) is 1.98. The monoisotopic (exact) mass is 403 g/mol. The van der Waals surface area contributed by atoms with E-state index in [1.807, 2.05) is 12.3 Å². The molecule has 0 fully saturated rings. The Bertz CT molecular complexity index is 614. The maximum Gasteiger partial charge on any atom is 0.212 e. The Labute approximate surface area is 173 Å². The molecule has 1 N–H and O–H groups in total. The van der Waals surface area contributed by atoms with E-state index in [1.54, 1.807) is 0 Å². The van der Waals surface area contributed by atoms with E-state index in [2.05, 4.69) is 38.4 Å². The molecule has 0 unspecified atom stereocenters. The van der Waals surface area contributed by atoms with Crippen molar-refractivity contribution >= 4 is 14.6 Å². The molecule has 1 heterocycles. The number of nitrogens with zero attached hydrogens (tertiary/aromatic N) is 2. The van der Waals surface area contributed by atoms with E-state index < -0.39 is 9.04 Å². The lowest BCUT2D eigenvalue weighted by molar-refractivity contribution is 0.133. The summed E-state index contributed by atoms with van der Waals surface area (Å²) in [5.41, 5.74) is 2.94. The summed E-state index contributed by atoms with van der Waals surface area (Å²) >= 11 is 0. The minimum atomic E-state index is -0.829. The Kier molecular flexibility index (Phi) is 9.82. The van der Waals surface area contributed by atoms with Crippen molar-refractivity contribution in [2.75, 3.05) is 6.61 Å². The van der Waals surface area contributed by atoms with E-state index in [-0.39, 0.29) is 12.0 Å². The van der Waals surface area contributed by atoms with Crippen LogP contribution in [-0.2, 0) is 11.0 Å². The number of aliphatic hydroxyl groups excluding tert-OH is 1. The summed E-state index contributed by atoms with van der Waals surface area (Å²) in [4.78, 5) is 9.27. The SMILES string of the molecule is CCCCC(CCCC)[Si](C)OCc1ccnc(C2=CC[C@](C)(CO)CC2)n1. The van der Waals surface area contributed by atoms with Gasteiger partial charge in [-0.1, -0.05) is 65.4 Å². The van der Waals surface area contributed by atoms with Crippen LogP contribution in [0, 0.1) is 5.41 Å². The lowest BCUT2D eigenvalue weighted by atomic mass is 9.77. The molecule has 1 aliphatic rings. The molecule has 4 nitrogen and oxygen atoms in total. The van der Waals surface area contributed by atoms with Gasteiger partial charge in [-0.05, 0) is 48.4 Å². The maximum atomic E-state index is 9.55. The van der Waals surface area contributed by atoms with Gasteiger partial charge in [0.2, 0.25) is 9.04 Å². The van der Waals surface area contributed by atoms with Gasteiger partial charge in [-0.25, -0.2) is 9.97 Å². The highest BCUT2D eigenvalue weighted by Crippen LogP contribution is 2.37. The van der Waals surface area contributed by atoms with E-state index >= 15 is 0 Å². The number of aromatic nitrogens is 2. The van der Waals surface area contributed by atoms with Gasteiger partial charge in [0.25, 0.3) is 0 Å². The lowest BCUT2D eigenvalue weighted by Crippen LogP contribution is -2.23. The molecule has 28 heavy (non-hydrogen) atoms. The molecular weight excluding hydrogens is 364 g/mol. The predicted octanol–water partition coefficient (Wildman–Crippen LogP) is 5.93. The highest BCUT2D eigenvalue weighted by Gasteiger charge is 2.27. The Morgan fingerprint density at radius 3 is 2.54 bits per heavy atom. The molecule has 0 bridgehead atoms. The fourth-order valence-corrected chi connectivity index (χ4v) is 5.58. The van der Waals surface area contributed by atoms with E-state index in [1.165, 1.54) is 44.1 Å². The minimum absolute atomic E-state index is 0.00967. The molecule has 2 rings (SSSR count). The summed E-state index contributed by atoms with van der Waals surface area (Å²) < 4.78 is 6.34. The van der Waals surface area contributed by atoms with Crippen LogP contribution in [0.3, 0.4) is 0 Å². The summed E-state index contributed by atoms with van der Waals surface area (Å²) in [5, 5.41) is 9.55. The molecule has 1 radical (unpaired) electrons. The third kappa shape index (κ3) is 7.09. The van der Waals surface area contributed by atoms with Crippen LogP contribution in [0.15, 0.2) is 18.3 Å². The minimum Gasteiger partial charge on any atom is -0.411 e. The molecule has 1 aromatic rings. The summed E-state index contributed by atoms with van der Waals surface area (Å²) in [6.07, 6.45) is 14.6. The van der Waals surface area contributed by atoms with Crippen molar-refractivity contribution in [1.82, 2.24) is 9.97 Å². The Morgan fingerprint density at radius 1 is 1.25 bits per heavy atom. The quantitative estimate of drug-likeness (QED) is 0.439. The van der Waals surface area contributed by atoms with Crippen LogP contribution in [0.2, 0.25) is 12.1 Å². The van der Waals surface area contributed by atoms with Crippen LogP contribution in [-0.4, -0.2) is 30.7 Å². The van der Waals surface area contributed by atoms with Crippen molar-refractivity contribution in [2.24, 2.45) is 5.41 Å². The fourth-order valence-electron chi connectivity index (χ4n) is 3.75. The van der Waals surface area contributed by atoms with Crippen molar-refractivity contribution in [3.8, 4) is 0 Å². The van der Waals surface area contributed by atoms with Gasteiger partial charge in [-0.3, -0.25) is 0 Å². The van der Waals surface area contributed by atoms with E-state index in [9.17, 15) is 5.11 Å². The molecule has 1 aromatic heterocycles. The zero-order valence-corrected chi connectivity index (χ0v) is 19.3. The van der Waals surface area contributed by atoms with Crippen molar-refractivity contribution in [3.63, 3.8) is 0 Å².